The van der Waals surface area contributed by atoms with Gasteiger partial charge in [-0.2, -0.15) is 0 Å². The van der Waals surface area contributed by atoms with Crippen LogP contribution >= 0.6 is 23.1 Å². The first-order valence-electron chi connectivity index (χ1n) is 8.49. The molecule has 1 atom stereocenters. The molecule has 0 radical (unpaired) electrons. The molecule has 0 saturated heterocycles. The maximum Gasteiger partial charge on any atom is 0.271 e. The Balaban J connectivity index is 1.69. The van der Waals surface area contributed by atoms with Crippen molar-refractivity contribution in [2.24, 2.45) is 4.99 Å². The lowest BCUT2D eigenvalue weighted by Crippen LogP contribution is -2.11. The van der Waals surface area contributed by atoms with Crippen LogP contribution < -0.4 is 4.72 Å². The molecule has 3 N–H and O–H groups in total. The summed E-state index contributed by atoms with van der Waals surface area (Å²) in [5.74, 6) is 0. The molecule has 1 unspecified atom stereocenters. The quantitative estimate of drug-likeness (QED) is 0.567. The van der Waals surface area contributed by atoms with Crippen molar-refractivity contribution in [2.75, 3.05) is 17.9 Å². The van der Waals surface area contributed by atoms with Crippen molar-refractivity contribution in [3.05, 3.63) is 47.0 Å². The van der Waals surface area contributed by atoms with Crippen LogP contribution in [0.2, 0.25) is 0 Å². The molecule has 6 nitrogen and oxygen atoms in total. The Bertz CT molecular complexity index is 1100. The van der Waals surface area contributed by atoms with Gasteiger partial charge in [-0.3, -0.25) is 9.71 Å². The SMILES string of the molecule is Cc1ccc(NS(=O)(=O)c2cccs2)c2[nH]c(C3=NCC(CCO)S3)cc12. The molecule has 1 aromatic carbocycles. The Morgan fingerprint density at radius 1 is 1.37 bits per heavy atom. The van der Waals surface area contributed by atoms with E-state index in [1.54, 1.807) is 35.3 Å². The van der Waals surface area contributed by atoms with Gasteiger partial charge >= 0.3 is 0 Å². The second kappa shape index (κ2) is 7.31. The van der Waals surface area contributed by atoms with Crippen LogP contribution in [-0.4, -0.2) is 42.0 Å². The van der Waals surface area contributed by atoms with E-state index >= 15 is 0 Å². The maximum absolute atomic E-state index is 12.6. The van der Waals surface area contributed by atoms with Gasteiger partial charge in [0.25, 0.3) is 10.0 Å². The van der Waals surface area contributed by atoms with Crippen LogP contribution in [-0.2, 0) is 10.0 Å². The van der Waals surface area contributed by atoms with Crippen LogP contribution in [0.15, 0.2) is 44.9 Å². The molecular weight excluding hydrogens is 402 g/mol. The minimum atomic E-state index is -3.61. The Labute approximate surface area is 165 Å². The number of aromatic amines is 1. The van der Waals surface area contributed by atoms with E-state index in [4.69, 9.17) is 5.11 Å². The summed E-state index contributed by atoms with van der Waals surface area (Å²) >= 11 is 2.83. The van der Waals surface area contributed by atoms with Crippen LogP contribution in [0.25, 0.3) is 10.9 Å². The van der Waals surface area contributed by atoms with E-state index in [2.05, 4.69) is 14.7 Å². The topological polar surface area (TPSA) is 94.5 Å². The van der Waals surface area contributed by atoms with Gasteiger partial charge in [-0.05, 0) is 42.5 Å². The summed E-state index contributed by atoms with van der Waals surface area (Å²) in [7, 11) is -3.61. The number of hydrogen-bond acceptors (Lipinski definition) is 6. The van der Waals surface area contributed by atoms with E-state index < -0.39 is 10.0 Å². The number of H-pyrrole nitrogens is 1. The van der Waals surface area contributed by atoms with E-state index in [9.17, 15) is 8.42 Å². The molecule has 1 aliphatic rings. The minimum Gasteiger partial charge on any atom is -0.396 e. The summed E-state index contributed by atoms with van der Waals surface area (Å²) in [6.07, 6.45) is 0.711. The number of aromatic nitrogens is 1. The number of aliphatic hydroxyl groups is 1. The number of aryl methyl sites for hydroxylation is 1. The van der Waals surface area contributed by atoms with Crippen molar-refractivity contribution >= 4 is 54.8 Å². The number of rotatable bonds is 6. The molecule has 1 aliphatic heterocycles. The number of benzene rings is 1. The Kier molecular flexibility index (Phi) is 5.02. The van der Waals surface area contributed by atoms with Gasteiger partial charge in [0.1, 0.15) is 9.25 Å². The fourth-order valence-corrected chi connectivity index (χ4v) is 6.17. The van der Waals surface area contributed by atoms with Gasteiger partial charge in [-0.1, -0.05) is 23.9 Å². The number of thioether (sulfide) groups is 1. The third-order valence-corrected chi connectivity index (χ3v) is 8.47. The number of thiophene rings is 1. The van der Waals surface area contributed by atoms with E-state index in [0.29, 0.717) is 18.7 Å². The van der Waals surface area contributed by atoms with Gasteiger partial charge in [-0.15, -0.1) is 11.3 Å². The van der Waals surface area contributed by atoms with Gasteiger partial charge in [0.05, 0.1) is 23.4 Å². The lowest BCUT2D eigenvalue weighted by molar-refractivity contribution is 0.288. The van der Waals surface area contributed by atoms with Gasteiger partial charge in [0.2, 0.25) is 0 Å². The molecular formula is C18H19N3O3S3. The average Bonchev–Trinajstić information content (AvgIpc) is 3.37. The number of nitrogens with one attached hydrogen (secondary N) is 2. The van der Waals surface area contributed by atoms with Crippen molar-refractivity contribution in [2.45, 2.75) is 22.8 Å². The first-order chi connectivity index (χ1) is 13.0. The number of nitrogens with zero attached hydrogens (tertiary/aromatic N) is 1. The Morgan fingerprint density at radius 3 is 2.96 bits per heavy atom. The van der Waals surface area contributed by atoms with Gasteiger partial charge in [0, 0.05) is 17.2 Å². The number of aliphatic imine (C=N–C) groups is 1. The largest absolute Gasteiger partial charge is 0.396 e. The molecule has 0 amide bonds. The van der Waals surface area contributed by atoms with Crippen LogP contribution in [0, 0.1) is 6.92 Å². The van der Waals surface area contributed by atoms with E-state index in [-0.39, 0.29) is 16.1 Å². The van der Waals surface area contributed by atoms with Gasteiger partial charge in [0.15, 0.2) is 0 Å². The molecule has 0 saturated carbocycles. The first-order valence-corrected chi connectivity index (χ1v) is 11.7. The second-order valence-corrected chi connectivity index (χ2v) is 10.5. The second-order valence-electron chi connectivity index (χ2n) is 6.34. The highest BCUT2D eigenvalue weighted by Crippen LogP contribution is 2.33. The van der Waals surface area contributed by atoms with E-state index in [1.807, 2.05) is 19.1 Å². The highest BCUT2D eigenvalue weighted by Gasteiger charge is 2.23. The summed E-state index contributed by atoms with van der Waals surface area (Å²) in [4.78, 5) is 7.92. The van der Waals surface area contributed by atoms with Crippen LogP contribution in [0.5, 0.6) is 0 Å². The third-order valence-electron chi connectivity index (χ3n) is 4.41. The molecule has 9 heteroatoms. The molecule has 0 fully saturated rings. The molecule has 0 aliphatic carbocycles. The minimum absolute atomic E-state index is 0.154. The zero-order valence-electron chi connectivity index (χ0n) is 14.6. The molecule has 0 spiro atoms. The highest BCUT2D eigenvalue weighted by atomic mass is 32.2. The summed E-state index contributed by atoms with van der Waals surface area (Å²) in [6, 6.07) is 9.01. The van der Waals surface area contributed by atoms with Crippen LogP contribution in [0.4, 0.5) is 5.69 Å². The van der Waals surface area contributed by atoms with Crippen LogP contribution in [0.1, 0.15) is 17.7 Å². The molecule has 27 heavy (non-hydrogen) atoms. The predicted octanol–water partition coefficient (Wildman–Crippen LogP) is 3.58. The fraction of sp³-hybridized carbons (Fsp3) is 0.278. The van der Waals surface area contributed by atoms with Crippen molar-refractivity contribution in [1.29, 1.82) is 0 Å². The van der Waals surface area contributed by atoms with E-state index in [1.165, 1.54) is 11.3 Å². The first kappa shape index (κ1) is 18.5. The van der Waals surface area contributed by atoms with Gasteiger partial charge in [-0.25, -0.2) is 8.42 Å². The van der Waals surface area contributed by atoms with Crippen molar-refractivity contribution in [3.63, 3.8) is 0 Å². The van der Waals surface area contributed by atoms with Crippen molar-refractivity contribution < 1.29 is 13.5 Å². The number of sulfonamides is 1. The maximum atomic E-state index is 12.6. The summed E-state index contributed by atoms with van der Waals surface area (Å²) in [5.41, 5.74) is 3.20. The number of fused-ring (bicyclic) bond motifs is 1. The van der Waals surface area contributed by atoms with Crippen molar-refractivity contribution in [3.8, 4) is 0 Å². The Hall–Kier alpha value is -1.81. The molecule has 142 valence electrons. The molecule has 3 aromatic rings. The summed E-state index contributed by atoms with van der Waals surface area (Å²) < 4.78 is 28.2. The molecule has 2 aromatic heterocycles. The lowest BCUT2D eigenvalue weighted by atomic mass is 10.1. The monoisotopic (exact) mass is 421 g/mol. The molecule has 0 bridgehead atoms. The summed E-state index contributed by atoms with van der Waals surface area (Å²) in [6.45, 7) is 2.84. The number of hydrogen-bond donors (Lipinski definition) is 3. The zero-order chi connectivity index (χ0) is 19.0. The standard InChI is InChI=1S/C18H19N3O3S3/c1-11-4-5-14(21-27(23,24)16-3-2-8-25-16)17-13(11)9-15(20-17)18-19-10-12(26-18)6-7-22/h2-5,8-9,12,20-22H,6-7,10H2,1H3. The summed E-state index contributed by atoms with van der Waals surface area (Å²) in [5, 5.41) is 13.0. The molecule has 4 rings (SSSR count). The zero-order valence-corrected chi connectivity index (χ0v) is 17.0. The number of anilines is 1. The molecule has 3 heterocycles. The van der Waals surface area contributed by atoms with Crippen molar-refractivity contribution in [1.82, 2.24) is 4.98 Å². The number of aliphatic hydroxyl groups excluding tert-OH is 1. The van der Waals surface area contributed by atoms with Gasteiger partial charge < -0.3 is 10.1 Å². The van der Waals surface area contributed by atoms with Crippen LogP contribution in [0.3, 0.4) is 0 Å². The Morgan fingerprint density at radius 2 is 2.22 bits per heavy atom. The fourth-order valence-electron chi connectivity index (χ4n) is 3.03. The lowest BCUT2D eigenvalue weighted by Gasteiger charge is -2.08. The smallest absolute Gasteiger partial charge is 0.271 e. The van der Waals surface area contributed by atoms with E-state index in [0.717, 1.165) is 27.2 Å². The average molecular weight is 422 g/mol. The normalized spacial score (nSPS) is 17.4. The predicted molar refractivity (Wildman–Crippen MR) is 113 cm³/mol. The highest BCUT2D eigenvalue weighted by molar-refractivity contribution is 8.15. The third kappa shape index (κ3) is 3.64.